The maximum absolute atomic E-state index is 5.33. The van der Waals surface area contributed by atoms with E-state index in [1.165, 1.54) is 0 Å². The van der Waals surface area contributed by atoms with Gasteiger partial charge >= 0.3 is 0 Å². The van der Waals surface area contributed by atoms with E-state index < -0.39 is 5.79 Å². The lowest BCUT2D eigenvalue weighted by Gasteiger charge is -2.28. The minimum atomic E-state index is -0.633. The fourth-order valence-electron chi connectivity index (χ4n) is 1.77. The molecule has 0 unspecified atom stereocenters. The summed E-state index contributed by atoms with van der Waals surface area (Å²) in [6.07, 6.45) is 8.33. The van der Waals surface area contributed by atoms with E-state index in [9.17, 15) is 0 Å². The van der Waals surface area contributed by atoms with Crippen molar-refractivity contribution in [2.45, 2.75) is 12.2 Å². The molecule has 0 N–H and O–H groups in total. The number of rotatable bonds is 4. The third-order valence-corrected chi connectivity index (χ3v) is 2.96. The fraction of sp³-hybridized carbons (Fsp3) is 0.267. The first-order valence-corrected chi connectivity index (χ1v) is 5.87. The van der Waals surface area contributed by atoms with Gasteiger partial charge in [-0.2, -0.15) is 0 Å². The van der Waals surface area contributed by atoms with Crippen LogP contribution in [0.2, 0.25) is 0 Å². The van der Waals surface area contributed by atoms with E-state index in [2.05, 4.69) is 4.99 Å². The molecule has 2 rings (SSSR count). The number of aliphatic imine (C=N–C) groups is 1. The summed E-state index contributed by atoms with van der Waals surface area (Å²) in [7, 11) is 3.28. The Kier molecular flexibility index (Phi) is 4.07. The minimum Gasteiger partial charge on any atom is -0.349 e. The normalized spacial score (nSPS) is 18.0. The molecule has 3 heteroatoms. The summed E-state index contributed by atoms with van der Waals surface area (Å²) in [6.45, 7) is 0. The zero-order valence-electron chi connectivity index (χ0n) is 10.7. The maximum atomic E-state index is 5.33. The fourth-order valence-corrected chi connectivity index (χ4v) is 1.77. The smallest absolute Gasteiger partial charge is 0.191 e. The second kappa shape index (κ2) is 5.76. The zero-order valence-corrected chi connectivity index (χ0v) is 10.7. The van der Waals surface area contributed by atoms with E-state index >= 15 is 0 Å². The van der Waals surface area contributed by atoms with Crippen molar-refractivity contribution in [1.29, 1.82) is 0 Å². The Bertz CT molecular complexity index is 471. The SMILES string of the molecule is COC1(OC)C=CC(N=Cc2ccccc2)=CC1. The molecule has 0 aliphatic heterocycles. The Morgan fingerprint density at radius 3 is 2.44 bits per heavy atom. The average Bonchev–Trinajstić information content (AvgIpc) is 2.47. The molecule has 3 nitrogen and oxygen atoms in total. The largest absolute Gasteiger partial charge is 0.349 e. The molecule has 0 saturated heterocycles. The van der Waals surface area contributed by atoms with Crippen molar-refractivity contribution in [2.24, 2.45) is 4.99 Å². The van der Waals surface area contributed by atoms with E-state index in [0.29, 0.717) is 6.42 Å². The molecule has 0 amide bonds. The Balaban J connectivity index is 2.04. The first-order valence-electron chi connectivity index (χ1n) is 5.87. The summed E-state index contributed by atoms with van der Waals surface area (Å²) in [5.41, 5.74) is 2.01. The van der Waals surface area contributed by atoms with Gasteiger partial charge in [0.15, 0.2) is 5.79 Å². The molecule has 0 aromatic heterocycles. The van der Waals surface area contributed by atoms with E-state index in [-0.39, 0.29) is 0 Å². The molecule has 0 spiro atoms. The third kappa shape index (κ3) is 2.94. The summed E-state index contributed by atoms with van der Waals surface area (Å²) in [5.74, 6) is -0.633. The van der Waals surface area contributed by atoms with Crippen LogP contribution >= 0.6 is 0 Å². The van der Waals surface area contributed by atoms with Crippen LogP contribution in [-0.4, -0.2) is 26.2 Å². The molecule has 0 heterocycles. The van der Waals surface area contributed by atoms with Crippen molar-refractivity contribution in [2.75, 3.05) is 14.2 Å². The zero-order chi connectivity index (χ0) is 12.8. The Morgan fingerprint density at radius 2 is 1.89 bits per heavy atom. The quantitative estimate of drug-likeness (QED) is 0.601. The highest BCUT2D eigenvalue weighted by molar-refractivity contribution is 5.80. The minimum absolute atomic E-state index is 0.633. The highest BCUT2D eigenvalue weighted by Gasteiger charge is 2.27. The van der Waals surface area contributed by atoms with Gasteiger partial charge < -0.3 is 9.47 Å². The summed E-state index contributed by atoms with van der Waals surface area (Å²) in [4.78, 5) is 4.43. The number of benzene rings is 1. The van der Waals surface area contributed by atoms with Crippen LogP contribution in [0.4, 0.5) is 0 Å². The topological polar surface area (TPSA) is 30.8 Å². The van der Waals surface area contributed by atoms with Gasteiger partial charge in [0.25, 0.3) is 0 Å². The van der Waals surface area contributed by atoms with Gasteiger partial charge in [-0.15, -0.1) is 0 Å². The predicted octanol–water partition coefficient (Wildman–Crippen LogP) is 2.94. The molecule has 1 aromatic carbocycles. The Morgan fingerprint density at radius 1 is 1.17 bits per heavy atom. The summed E-state index contributed by atoms with van der Waals surface area (Å²) in [5, 5.41) is 0. The first-order chi connectivity index (χ1) is 8.78. The van der Waals surface area contributed by atoms with Crippen molar-refractivity contribution >= 4 is 6.21 Å². The monoisotopic (exact) mass is 243 g/mol. The number of allylic oxidation sites excluding steroid dienone is 1. The average molecular weight is 243 g/mol. The lowest BCUT2D eigenvalue weighted by Crippen LogP contribution is -2.31. The van der Waals surface area contributed by atoms with Crippen molar-refractivity contribution in [3.63, 3.8) is 0 Å². The second-order valence-corrected chi connectivity index (χ2v) is 4.06. The first kappa shape index (κ1) is 12.7. The summed E-state index contributed by atoms with van der Waals surface area (Å²) < 4.78 is 10.7. The van der Waals surface area contributed by atoms with E-state index in [1.807, 2.05) is 54.8 Å². The highest BCUT2D eigenvalue weighted by atomic mass is 16.7. The van der Waals surface area contributed by atoms with Gasteiger partial charge in [0.2, 0.25) is 0 Å². The van der Waals surface area contributed by atoms with Crippen LogP contribution in [0.3, 0.4) is 0 Å². The lowest BCUT2D eigenvalue weighted by molar-refractivity contribution is -0.167. The molecule has 1 aliphatic carbocycles. The van der Waals surface area contributed by atoms with Crippen LogP contribution in [-0.2, 0) is 9.47 Å². The van der Waals surface area contributed by atoms with Crippen LogP contribution in [0.15, 0.2) is 59.2 Å². The van der Waals surface area contributed by atoms with E-state index in [4.69, 9.17) is 9.47 Å². The summed E-state index contributed by atoms with van der Waals surface area (Å²) in [6, 6.07) is 10.0. The molecule has 0 fully saturated rings. The van der Waals surface area contributed by atoms with Crippen LogP contribution in [0.25, 0.3) is 0 Å². The van der Waals surface area contributed by atoms with Crippen LogP contribution < -0.4 is 0 Å². The number of hydrogen-bond acceptors (Lipinski definition) is 3. The van der Waals surface area contributed by atoms with Crippen LogP contribution in [0.1, 0.15) is 12.0 Å². The molecule has 0 atom stereocenters. The summed E-state index contributed by atoms with van der Waals surface area (Å²) >= 11 is 0. The van der Waals surface area contributed by atoms with Crippen LogP contribution in [0.5, 0.6) is 0 Å². The van der Waals surface area contributed by atoms with Crippen molar-refractivity contribution in [3.05, 3.63) is 59.8 Å². The number of hydrogen-bond donors (Lipinski definition) is 0. The molecule has 18 heavy (non-hydrogen) atoms. The molecular formula is C15H17NO2. The van der Waals surface area contributed by atoms with Gasteiger partial charge in [-0.25, -0.2) is 0 Å². The third-order valence-electron chi connectivity index (χ3n) is 2.96. The van der Waals surface area contributed by atoms with E-state index in [0.717, 1.165) is 11.3 Å². The predicted molar refractivity (Wildman–Crippen MR) is 72.6 cm³/mol. The molecule has 1 aliphatic rings. The number of ether oxygens (including phenoxy) is 2. The van der Waals surface area contributed by atoms with Gasteiger partial charge in [-0.05, 0) is 17.7 Å². The highest BCUT2D eigenvalue weighted by Crippen LogP contribution is 2.25. The second-order valence-electron chi connectivity index (χ2n) is 4.06. The van der Waals surface area contributed by atoms with Gasteiger partial charge in [-0.1, -0.05) is 36.4 Å². The lowest BCUT2D eigenvalue weighted by atomic mass is 10.1. The Labute approximate surface area is 107 Å². The molecular weight excluding hydrogens is 226 g/mol. The maximum Gasteiger partial charge on any atom is 0.191 e. The van der Waals surface area contributed by atoms with Gasteiger partial charge in [-0.3, -0.25) is 4.99 Å². The number of methoxy groups -OCH3 is 2. The van der Waals surface area contributed by atoms with Crippen molar-refractivity contribution in [3.8, 4) is 0 Å². The van der Waals surface area contributed by atoms with Crippen molar-refractivity contribution in [1.82, 2.24) is 0 Å². The molecule has 94 valence electrons. The number of nitrogens with zero attached hydrogens (tertiary/aromatic N) is 1. The van der Waals surface area contributed by atoms with Gasteiger partial charge in [0.1, 0.15) is 0 Å². The van der Waals surface area contributed by atoms with Crippen LogP contribution in [0, 0.1) is 0 Å². The molecule has 0 radical (unpaired) electrons. The van der Waals surface area contributed by atoms with E-state index in [1.54, 1.807) is 14.2 Å². The van der Waals surface area contributed by atoms with Gasteiger partial charge in [0, 0.05) is 26.9 Å². The van der Waals surface area contributed by atoms with Gasteiger partial charge in [0.05, 0.1) is 5.70 Å². The standard InChI is InChI=1S/C15H17NO2/c1-17-15(18-2)10-8-14(9-11-15)16-12-13-6-4-3-5-7-13/h3-10,12H,11H2,1-2H3. The molecule has 0 bridgehead atoms. The molecule has 0 saturated carbocycles. The Hall–Kier alpha value is -1.71. The molecule has 1 aromatic rings. The van der Waals surface area contributed by atoms with Crippen molar-refractivity contribution < 1.29 is 9.47 Å².